The number of hydrogen-bond acceptors (Lipinski definition) is 4. The maximum absolute atomic E-state index is 14.1. The highest BCUT2D eigenvalue weighted by Crippen LogP contribution is 2.51. The predicted molar refractivity (Wildman–Crippen MR) is 97.1 cm³/mol. The lowest BCUT2D eigenvalue weighted by Gasteiger charge is -2.32. The molecule has 1 aromatic heterocycles. The summed E-state index contributed by atoms with van der Waals surface area (Å²) in [4.78, 5) is 9.00. The van der Waals surface area contributed by atoms with Crippen LogP contribution in [0.5, 0.6) is 0 Å². The number of anilines is 1. The fraction of sp³-hybridized carbons (Fsp3) is 0.389. The van der Waals surface area contributed by atoms with Gasteiger partial charge in [-0.2, -0.15) is 39.5 Å². The molecule has 1 atom stereocenters. The van der Waals surface area contributed by atoms with Gasteiger partial charge < -0.3 is 5.73 Å². The lowest BCUT2D eigenvalue weighted by Crippen LogP contribution is -2.43. The molecule has 1 aliphatic heterocycles. The minimum atomic E-state index is -5.34. The number of hydrogen-bond donors (Lipinski definition) is 1. The Morgan fingerprint density at radius 2 is 1.53 bits per heavy atom. The third-order valence-electron chi connectivity index (χ3n) is 4.83. The summed E-state index contributed by atoms with van der Waals surface area (Å²) >= 11 is 3.08. The van der Waals surface area contributed by atoms with Crippen LogP contribution < -0.4 is 10.8 Å². The molecule has 176 valence electrons. The molecule has 0 bridgehead atoms. The molecule has 2 aromatic rings. The van der Waals surface area contributed by atoms with Gasteiger partial charge in [0, 0.05) is 13.0 Å². The second-order valence-electron chi connectivity index (χ2n) is 6.89. The Labute approximate surface area is 183 Å². The highest BCUT2D eigenvalue weighted by Gasteiger charge is 2.62. The van der Waals surface area contributed by atoms with Gasteiger partial charge in [-0.1, -0.05) is 6.07 Å². The third kappa shape index (κ3) is 4.53. The Kier molecular flexibility index (Phi) is 6.19. The summed E-state index contributed by atoms with van der Waals surface area (Å²) in [5.74, 6) is -0.136. The van der Waals surface area contributed by atoms with E-state index < -0.39 is 53.8 Å². The summed E-state index contributed by atoms with van der Waals surface area (Å²) in [6.07, 6.45) is -16.9. The normalized spacial score (nSPS) is 20.2. The van der Waals surface area contributed by atoms with Crippen LogP contribution in [0, 0.1) is 0 Å². The van der Waals surface area contributed by atoms with Crippen molar-refractivity contribution >= 4 is 21.7 Å². The van der Waals surface area contributed by atoms with Crippen LogP contribution in [0.3, 0.4) is 0 Å². The van der Waals surface area contributed by atoms with E-state index in [0.717, 1.165) is 0 Å². The summed E-state index contributed by atoms with van der Waals surface area (Å²) < 4.78 is 122. The third-order valence-corrected chi connectivity index (χ3v) is 5.52. The number of nitrogens with zero attached hydrogens (tertiary/aromatic N) is 2. The number of pyridine rings is 1. The molecule has 1 fully saturated rings. The van der Waals surface area contributed by atoms with Crippen molar-refractivity contribution in [1.82, 2.24) is 4.98 Å². The van der Waals surface area contributed by atoms with Crippen molar-refractivity contribution < 1.29 is 44.4 Å². The van der Waals surface area contributed by atoms with Gasteiger partial charge in [-0.05, 0) is 51.3 Å². The van der Waals surface area contributed by atoms with E-state index in [2.05, 4.69) is 20.9 Å². The Morgan fingerprint density at radius 3 is 1.97 bits per heavy atom. The first kappa shape index (κ1) is 24.6. The van der Waals surface area contributed by atoms with Crippen molar-refractivity contribution in [2.75, 3.05) is 11.6 Å². The molecule has 0 spiro atoms. The summed E-state index contributed by atoms with van der Waals surface area (Å²) in [6, 6.07) is 2.51. The molecule has 0 aliphatic carbocycles. The SMILES string of the molecule is NCc1ccc(N2CCC(c3cc(C(F)(F)F)cc(C(F)(F)F)c3)(C(F)(F)F)O2)nc1Br. The zero-order chi connectivity index (χ0) is 24.1. The molecule has 2 heterocycles. The first-order chi connectivity index (χ1) is 14.6. The Bertz CT molecular complexity index is 974. The van der Waals surface area contributed by atoms with Gasteiger partial charge in [-0.3, -0.25) is 4.84 Å². The fourth-order valence-corrected chi connectivity index (χ4v) is 3.66. The maximum Gasteiger partial charge on any atom is 0.424 e. The zero-order valence-corrected chi connectivity index (χ0v) is 17.3. The maximum atomic E-state index is 14.1. The average molecular weight is 538 g/mol. The van der Waals surface area contributed by atoms with Gasteiger partial charge in [0.2, 0.25) is 5.60 Å². The van der Waals surface area contributed by atoms with Crippen molar-refractivity contribution in [2.45, 2.75) is 37.1 Å². The van der Waals surface area contributed by atoms with Crippen LogP contribution in [0.2, 0.25) is 0 Å². The van der Waals surface area contributed by atoms with E-state index in [1.54, 1.807) is 0 Å². The van der Waals surface area contributed by atoms with Gasteiger partial charge in [0.05, 0.1) is 17.7 Å². The Hall–Kier alpha value is -2.06. The highest BCUT2D eigenvalue weighted by atomic mass is 79.9. The van der Waals surface area contributed by atoms with Gasteiger partial charge in [0.15, 0.2) is 5.82 Å². The fourth-order valence-electron chi connectivity index (χ4n) is 3.19. The monoisotopic (exact) mass is 537 g/mol. The Balaban J connectivity index is 2.13. The number of rotatable bonds is 3. The van der Waals surface area contributed by atoms with E-state index in [4.69, 9.17) is 10.6 Å². The van der Waals surface area contributed by atoms with Crippen LogP contribution in [0.25, 0.3) is 0 Å². The molecule has 14 heteroatoms. The molecule has 0 amide bonds. The Morgan fingerprint density at radius 1 is 0.969 bits per heavy atom. The van der Waals surface area contributed by atoms with Crippen LogP contribution in [-0.2, 0) is 29.3 Å². The van der Waals surface area contributed by atoms with Crippen molar-refractivity contribution in [3.8, 4) is 0 Å². The quantitative estimate of drug-likeness (QED) is 0.389. The molecule has 1 saturated heterocycles. The van der Waals surface area contributed by atoms with Crippen molar-refractivity contribution in [3.63, 3.8) is 0 Å². The molecule has 0 radical (unpaired) electrons. The van der Waals surface area contributed by atoms with E-state index in [9.17, 15) is 39.5 Å². The summed E-state index contributed by atoms with van der Waals surface area (Å²) in [5.41, 5.74) is -2.51. The number of aromatic nitrogens is 1. The topological polar surface area (TPSA) is 51.4 Å². The van der Waals surface area contributed by atoms with Crippen molar-refractivity contribution in [3.05, 3.63) is 57.2 Å². The second kappa shape index (κ2) is 8.06. The van der Waals surface area contributed by atoms with Gasteiger partial charge in [0.1, 0.15) is 4.60 Å². The molecular formula is C18H13BrF9N3O. The van der Waals surface area contributed by atoms with Gasteiger partial charge in [-0.25, -0.2) is 10.0 Å². The predicted octanol–water partition coefficient (Wildman–Crippen LogP) is 5.94. The van der Waals surface area contributed by atoms with E-state index in [1.165, 1.54) is 12.1 Å². The van der Waals surface area contributed by atoms with E-state index >= 15 is 0 Å². The summed E-state index contributed by atoms with van der Waals surface area (Å²) in [6.45, 7) is -0.440. The standard InChI is InChI=1S/C18H13BrF9N3O/c19-14-9(8-29)1-2-13(30-14)31-4-3-15(32-31,18(26,27)28)10-5-11(16(20,21)22)7-12(6-10)17(23,24)25/h1-2,5-7H,3-4,8,29H2. The van der Waals surface area contributed by atoms with Crippen LogP contribution >= 0.6 is 15.9 Å². The smallest absolute Gasteiger partial charge is 0.326 e. The molecule has 1 unspecified atom stereocenters. The lowest BCUT2D eigenvalue weighted by molar-refractivity contribution is -0.273. The molecule has 1 aliphatic rings. The van der Waals surface area contributed by atoms with Crippen LogP contribution in [0.15, 0.2) is 34.9 Å². The minimum Gasteiger partial charge on any atom is -0.326 e. The molecule has 2 N–H and O–H groups in total. The molecule has 0 saturated carbocycles. The molecular weight excluding hydrogens is 525 g/mol. The van der Waals surface area contributed by atoms with Crippen molar-refractivity contribution in [2.24, 2.45) is 5.73 Å². The molecule has 4 nitrogen and oxygen atoms in total. The first-order valence-corrected chi connectivity index (χ1v) is 9.56. The van der Waals surface area contributed by atoms with Crippen LogP contribution in [0.4, 0.5) is 45.3 Å². The van der Waals surface area contributed by atoms with E-state index in [-0.39, 0.29) is 35.2 Å². The van der Waals surface area contributed by atoms with Crippen LogP contribution in [-0.4, -0.2) is 17.7 Å². The van der Waals surface area contributed by atoms with E-state index in [1.807, 2.05) is 0 Å². The van der Waals surface area contributed by atoms with Gasteiger partial charge in [0.25, 0.3) is 0 Å². The molecule has 1 aromatic carbocycles. The highest BCUT2D eigenvalue weighted by molar-refractivity contribution is 9.10. The van der Waals surface area contributed by atoms with E-state index in [0.29, 0.717) is 10.6 Å². The minimum absolute atomic E-state index is 0.0209. The van der Waals surface area contributed by atoms with Crippen LogP contribution in [0.1, 0.15) is 28.7 Å². The van der Waals surface area contributed by atoms with Crippen molar-refractivity contribution in [1.29, 1.82) is 0 Å². The first-order valence-electron chi connectivity index (χ1n) is 8.77. The number of nitrogens with two attached hydrogens (primary N) is 1. The number of alkyl halides is 9. The van der Waals surface area contributed by atoms with Gasteiger partial charge >= 0.3 is 18.5 Å². The summed E-state index contributed by atoms with van der Waals surface area (Å²) in [7, 11) is 0. The second-order valence-corrected chi connectivity index (χ2v) is 7.64. The number of hydroxylamine groups is 1. The molecule has 32 heavy (non-hydrogen) atoms. The number of halogens is 10. The molecule has 3 rings (SSSR count). The number of benzene rings is 1. The summed E-state index contributed by atoms with van der Waals surface area (Å²) in [5, 5.41) is 0.673. The average Bonchev–Trinajstić information content (AvgIpc) is 3.13. The lowest BCUT2D eigenvalue weighted by atomic mass is 9.87. The largest absolute Gasteiger partial charge is 0.424 e. The van der Waals surface area contributed by atoms with Gasteiger partial charge in [-0.15, -0.1) is 0 Å². The zero-order valence-electron chi connectivity index (χ0n) is 15.7.